The zero-order valence-electron chi connectivity index (χ0n) is 12.8. The van der Waals surface area contributed by atoms with Crippen LogP contribution in [0.3, 0.4) is 0 Å². The largest absolute Gasteiger partial charge is 0.389 e. The van der Waals surface area contributed by atoms with Gasteiger partial charge in [-0.3, -0.25) is 9.58 Å². The number of aliphatic hydroxyl groups is 1. The van der Waals surface area contributed by atoms with Crippen LogP contribution in [0.5, 0.6) is 0 Å². The fourth-order valence-electron chi connectivity index (χ4n) is 2.99. The molecule has 1 aliphatic heterocycles. The maximum absolute atomic E-state index is 10.2. The number of β-amino-alcohol motifs (C(OH)–C–C–N with tert-alkyl or cyclic N) is 1. The summed E-state index contributed by atoms with van der Waals surface area (Å²) in [5, 5.41) is 18.5. The van der Waals surface area contributed by atoms with E-state index in [2.05, 4.69) is 25.3 Å². The normalized spacial score (nSPS) is 23.6. The van der Waals surface area contributed by atoms with Crippen molar-refractivity contribution >= 4 is 16.9 Å². The summed E-state index contributed by atoms with van der Waals surface area (Å²) in [5.41, 5.74) is 0.217. The van der Waals surface area contributed by atoms with Crippen LogP contribution in [0.4, 0.5) is 5.82 Å². The summed E-state index contributed by atoms with van der Waals surface area (Å²) in [6.07, 6.45) is 3.63. The highest BCUT2D eigenvalue weighted by Gasteiger charge is 2.28. The molecule has 2 N–H and O–H groups in total. The highest BCUT2D eigenvalue weighted by molar-refractivity contribution is 5.86. The number of anilines is 1. The Morgan fingerprint density at radius 3 is 2.95 bits per heavy atom. The molecule has 1 saturated heterocycles. The molecule has 2 aromatic heterocycles. The average molecular weight is 290 g/mol. The second kappa shape index (κ2) is 5.23. The Kier molecular flexibility index (Phi) is 3.54. The molecule has 0 bridgehead atoms. The Morgan fingerprint density at radius 2 is 2.24 bits per heavy atom. The lowest BCUT2D eigenvalue weighted by Crippen LogP contribution is -2.45. The zero-order chi connectivity index (χ0) is 15.0. The lowest BCUT2D eigenvalue weighted by Gasteiger charge is -2.36. The molecule has 0 saturated carbocycles. The van der Waals surface area contributed by atoms with E-state index in [0.717, 1.165) is 42.1 Å². The molecule has 2 aromatic rings. The fraction of sp³-hybridized carbons (Fsp3) is 0.643. The second-order valence-electron chi connectivity index (χ2n) is 6.06. The summed E-state index contributed by atoms with van der Waals surface area (Å²) in [7, 11) is 3.73. The van der Waals surface area contributed by atoms with Gasteiger partial charge in [-0.1, -0.05) is 0 Å². The molecule has 114 valence electrons. The molecule has 1 aliphatic rings. The van der Waals surface area contributed by atoms with Crippen LogP contribution >= 0.6 is 0 Å². The van der Waals surface area contributed by atoms with Crippen molar-refractivity contribution in [2.75, 3.05) is 25.5 Å². The quantitative estimate of drug-likeness (QED) is 0.868. The van der Waals surface area contributed by atoms with Crippen molar-refractivity contribution in [3.8, 4) is 0 Å². The third-order valence-electron chi connectivity index (χ3n) is 3.99. The van der Waals surface area contributed by atoms with E-state index in [1.165, 1.54) is 0 Å². The lowest BCUT2D eigenvalue weighted by molar-refractivity contribution is -0.0188. The summed E-state index contributed by atoms with van der Waals surface area (Å²) in [6.45, 7) is 4.17. The Balaban J connectivity index is 1.88. The summed E-state index contributed by atoms with van der Waals surface area (Å²) in [4.78, 5) is 11.4. The van der Waals surface area contributed by atoms with Crippen LogP contribution in [0.1, 0.15) is 25.6 Å². The molecule has 0 aromatic carbocycles. The van der Waals surface area contributed by atoms with E-state index < -0.39 is 5.60 Å². The van der Waals surface area contributed by atoms with Crippen LogP contribution in [-0.2, 0) is 13.6 Å². The number of aromatic nitrogens is 4. The number of piperidine rings is 1. The van der Waals surface area contributed by atoms with E-state index in [1.807, 2.05) is 21.0 Å². The van der Waals surface area contributed by atoms with Gasteiger partial charge in [0.25, 0.3) is 0 Å². The standard InChI is InChI=1S/C14H22N6O/c1-14(21)5-4-6-20(9-14)8-11-17-12(15-2)10-7-16-19(3)13(10)18-11/h7,21H,4-6,8-9H2,1-3H3,(H,15,17,18). The Labute approximate surface area is 124 Å². The van der Waals surface area contributed by atoms with E-state index in [4.69, 9.17) is 0 Å². The van der Waals surface area contributed by atoms with Crippen LogP contribution in [-0.4, -0.2) is 55.5 Å². The first kappa shape index (κ1) is 14.2. The summed E-state index contributed by atoms with van der Waals surface area (Å²) < 4.78 is 1.76. The first-order valence-corrected chi connectivity index (χ1v) is 7.30. The third-order valence-corrected chi connectivity index (χ3v) is 3.99. The molecule has 21 heavy (non-hydrogen) atoms. The highest BCUT2D eigenvalue weighted by atomic mass is 16.3. The van der Waals surface area contributed by atoms with Gasteiger partial charge in [0.1, 0.15) is 11.6 Å². The van der Waals surface area contributed by atoms with E-state index in [1.54, 1.807) is 10.9 Å². The second-order valence-corrected chi connectivity index (χ2v) is 6.06. The maximum atomic E-state index is 10.2. The number of aryl methyl sites for hydroxylation is 1. The van der Waals surface area contributed by atoms with Gasteiger partial charge in [0.15, 0.2) is 5.65 Å². The molecule has 7 heteroatoms. The van der Waals surface area contributed by atoms with Gasteiger partial charge >= 0.3 is 0 Å². The van der Waals surface area contributed by atoms with Crippen molar-refractivity contribution in [2.45, 2.75) is 31.9 Å². The number of likely N-dealkylation sites (tertiary alicyclic amines) is 1. The molecular formula is C14H22N6O. The van der Waals surface area contributed by atoms with Gasteiger partial charge in [-0.05, 0) is 26.3 Å². The van der Waals surface area contributed by atoms with E-state index in [-0.39, 0.29) is 0 Å². The van der Waals surface area contributed by atoms with Crippen LogP contribution in [0.25, 0.3) is 11.0 Å². The highest BCUT2D eigenvalue weighted by Crippen LogP contribution is 2.23. The molecule has 0 radical (unpaired) electrons. The molecule has 0 spiro atoms. The predicted molar refractivity (Wildman–Crippen MR) is 81.0 cm³/mol. The molecule has 3 heterocycles. The van der Waals surface area contributed by atoms with Crippen molar-refractivity contribution in [3.05, 3.63) is 12.0 Å². The van der Waals surface area contributed by atoms with Crippen molar-refractivity contribution in [1.29, 1.82) is 0 Å². The summed E-state index contributed by atoms with van der Waals surface area (Å²) in [5.74, 6) is 1.56. The monoisotopic (exact) mass is 290 g/mol. The van der Waals surface area contributed by atoms with Gasteiger partial charge in [0.2, 0.25) is 0 Å². The van der Waals surface area contributed by atoms with Crippen LogP contribution < -0.4 is 5.32 Å². The Bertz CT molecular complexity index is 650. The van der Waals surface area contributed by atoms with Crippen LogP contribution in [0.2, 0.25) is 0 Å². The van der Waals surface area contributed by atoms with Crippen molar-refractivity contribution < 1.29 is 5.11 Å². The van der Waals surface area contributed by atoms with E-state index in [0.29, 0.717) is 13.1 Å². The van der Waals surface area contributed by atoms with Gasteiger partial charge in [-0.15, -0.1) is 0 Å². The van der Waals surface area contributed by atoms with Crippen molar-refractivity contribution in [1.82, 2.24) is 24.6 Å². The maximum Gasteiger partial charge on any atom is 0.163 e. The van der Waals surface area contributed by atoms with Crippen molar-refractivity contribution in [3.63, 3.8) is 0 Å². The van der Waals surface area contributed by atoms with Crippen molar-refractivity contribution in [2.24, 2.45) is 7.05 Å². The molecular weight excluding hydrogens is 268 g/mol. The molecule has 0 amide bonds. The minimum Gasteiger partial charge on any atom is -0.389 e. The molecule has 7 nitrogen and oxygen atoms in total. The first-order chi connectivity index (χ1) is 9.98. The number of fused-ring (bicyclic) bond motifs is 1. The smallest absolute Gasteiger partial charge is 0.163 e. The van der Waals surface area contributed by atoms with Gasteiger partial charge in [0.05, 0.1) is 23.7 Å². The number of nitrogens with zero attached hydrogens (tertiary/aromatic N) is 5. The predicted octanol–water partition coefficient (Wildman–Crippen LogP) is 0.752. The fourth-order valence-corrected chi connectivity index (χ4v) is 2.99. The molecule has 1 atom stereocenters. The minimum atomic E-state index is -0.610. The number of nitrogens with one attached hydrogen (secondary N) is 1. The lowest BCUT2D eigenvalue weighted by atomic mass is 9.95. The molecule has 0 aliphatic carbocycles. The summed E-state index contributed by atoms with van der Waals surface area (Å²) >= 11 is 0. The molecule has 1 fully saturated rings. The van der Waals surface area contributed by atoms with Crippen LogP contribution in [0.15, 0.2) is 6.20 Å². The number of rotatable bonds is 3. The Hall–Kier alpha value is -1.73. The number of hydrogen-bond acceptors (Lipinski definition) is 6. The minimum absolute atomic E-state index is 0.610. The zero-order valence-corrected chi connectivity index (χ0v) is 12.8. The number of hydrogen-bond donors (Lipinski definition) is 2. The van der Waals surface area contributed by atoms with Gasteiger partial charge in [-0.2, -0.15) is 5.10 Å². The van der Waals surface area contributed by atoms with E-state index >= 15 is 0 Å². The molecule has 1 unspecified atom stereocenters. The van der Waals surface area contributed by atoms with E-state index in [9.17, 15) is 5.11 Å². The SMILES string of the molecule is CNc1nc(CN2CCCC(C)(O)C2)nc2c1cnn2C. The average Bonchev–Trinajstić information content (AvgIpc) is 2.79. The summed E-state index contributed by atoms with van der Waals surface area (Å²) in [6, 6.07) is 0. The van der Waals surface area contributed by atoms with Gasteiger partial charge in [-0.25, -0.2) is 9.97 Å². The third kappa shape index (κ3) is 2.84. The van der Waals surface area contributed by atoms with Gasteiger partial charge in [0, 0.05) is 20.6 Å². The molecule has 3 rings (SSSR count). The first-order valence-electron chi connectivity index (χ1n) is 7.30. The van der Waals surface area contributed by atoms with Crippen LogP contribution in [0, 0.1) is 0 Å². The van der Waals surface area contributed by atoms with Gasteiger partial charge < -0.3 is 10.4 Å². The Morgan fingerprint density at radius 1 is 1.43 bits per heavy atom. The topological polar surface area (TPSA) is 79.1 Å².